The lowest BCUT2D eigenvalue weighted by molar-refractivity contribution is -0.113. The largest absolute Gasteiger partial charge is 0.411 e. The number of hydrogen-bond donors (Lipinski definition) is 1. The molecule has 0 bridgehead atoms. The van der Waals surface area contributed by atoms with Crippen molar-refractivity contribution in [3.63, 3.8) is 0 Å². The first-order chi connectivity index (χ1) is 12.4. The van der Waals surface area contributed by atoms with Crippen LogP contribution in [0, 0.1) is 13.8 Å². The molecule has 0 saturated carbocycles. The van der Waals surface area contributed by atoms with E-state index in [0.717, 1.165) is 28.6 Å². The van der Waals surface area contributed by atoms with Crippen LogP contribution in [0.15, 0.2) is 46.0 Å². The van der Waals surface area contributed by atoms with Crippen LogP contribution in [0.25, 0.3) is 11.5 Å². The van der Waals surface area contributed by atoms with E-state index in [1.165, 1.54) is 0 Å². The van der Waals surface area contributed by atoms with Crippen LogP contribution in [0.3, 0.4) is 0 Å². The summed E-state index contributed by atoms with van der Waals surface area (Å²) in [5, 5.41) is 12.0. The van der Waals surface area contributed by atoms with Crippen molar-refractivity contribution in [1.82, 2.24) is 10.2 Å². The minimum atomic E-state index is -0.147. The van der Waals surface area contributed by atoms with Gasteiger partial charge in [0.2, 0.25) is 11.8 Å². The van der Waals surface area contributed by atoms with Gasteiger partial charge in [0.25, 0.3) is 5.22 Å². The van der Waals surface area contributed by atoms with Gasteiger partial charge >= 0.3 is 0 Å². The van der Waals surface area contributed by atoms with Gasteiger partial charge in [-0.2, -0.15) is 0 Å². The minimum absolute atomic E-state index is 0.147. The first-order valence-electron chi connectivity index (χ1n) is 7.71. The van der Waals surface area contributed by atoms with Gasteiger partial charge in [-0.3, -0.25) is 4.79 Å². The molecule has 2 aromatic carbocycles. The summed E-state index contributed by atoms with van der Waals surface area (Å²) >= 11 is 13.2. The summed E-state index contributed by atoms with van der Waals surface area (Å²) in [4.78, 5) is 12.1. The van der Waals surface area contributed by atoms with Crippen molar-refractivity contribution in [2.45, 2.75) is 19.1 Å². The zero-order valence-electron chi connectivity index (χ0n) is 14.0. The summed E-state index contributed by atoms with van der Waals surface area (Å²) in [7, 11) is 0. The number of benzene rings is 2. The number of rotatable bonds is 5. The first kappa shape index (κ1) is 18.8. The molecule has 0 aliphatic rings. The van der Waals surface area contributed by atoms with Crippen molar-refractivity contribution in [2.24, 2.45) is 0 Å². The standard InChI is InChI=1S/C18H15Cl2N3O2S/c1-10-3-6-15(11(2)7-10)21-16(24)9-26-18-23-22-17(25-18)13-5-4-12(19)8-14(13)20/h3-8H,9H2,1-2H3,(H,21,24). The summed E-state index contributed by atoms with van der Waals surface area (Å²) < 4.78 is 5.56. The number of nitrogens with zero attached hydrogens (tertiary/aromatic N) is 2. The molecule has 0 aliphatic carbocycles. The van der Waals surface area contributed by atoms with Crippen molar-refractivity contribution < 1.29 is 9.21 Å². The Kier molecular flexibility index (Phi) is 5.86. The van der Waals surface area contributed by atoms with E-state index in [1.54, 1.807) is 18.2 Å². The Hall–Kier alpha value is -2.02. The van der Waals surface area contributed by atoms with Crippen molar-refractivity contribution in [3.05, 3.63) is 57.6 Å². The van der Waals surface area contributed by atoms with E-state index in [1.807, 2.05) is 32.0 Å². The molecule has 1 aromatic heterocycles. The van der Waals surface area contributed by atoms with Crippen LogP contribution in [0.2, 0.25) is 10.0 Å². The van der Waals surface area contributed by atoms with Crippen LogP contribution >= 0.6 is 35.0 Å². The van der Waals surface area contributed by atoms with E-state index in [9.17, 15) is 4.79 Å². The molecule has 1 heterocycles. The van der Waals surface area contributed by atoms with Crippen LogP contribution in [-0.2, 0) is 4.79 Å². The monoisotopic (exact) mass is 407 g/mol. The molecule has 0 fully saturated rings. The highest BCUT2D eigenvalue weighted by Gasteiger charge is 2.14. The van der Waals surface area contributed by atoms with Crippen molar-refractivity contribution >= 4 is 46.6 Å². The third kappa shape index (κ3) is 4.58. The molecule has 0 saturated heterocycles. The second-order valence-electron chi connectivity index (χ2n) is 5.65. The number of amides is 1. The highest BCUT2D eigenvalue weighted by Crippen LogP contribution is 2.31. The van der Waals surface area contributed by atoms with Crippen LogP contribution in [0.5, 0.6) is 0 Å². The number of thioether (sulfide) groups is 1. The number of hydrogen-bond acceptors (Lipinski definition) is 5. The van der Waals surface area contributed by atoms with Gasteiger partial charge in [0.15, 0.2) is 0 Å². The highest BCUT2D eigenvalue weighted by molar-refractivity contribution is 7.99. The van der Waals surface area contributed by atoms with Gasteiger partial charge in [-0.1, -0.05) is 52.7 Å². The van der Waals surface area contributed by atoms with E-state index < -0.39 is 0 Å². The van der Waals surface area contributed by atoms with E-state index in [2.05, 4.69) is 15.5 Å². The number of aryl methyl sites for hydroxylation is 2. The van der Waals surface area contributed by atoms with Gasteiger partial charge in [-0.15, -0.1) is 10.2 Å². The zero-order chi connectivity index (χ0) is 18.7. The number of nitrogens with one attached hydrogen (secondary N) is 1. The quantitative estimate of drug-likeness (QED) is 0.574. The summed E-state index contributed by atoms with van der Waals surface area (Å²) in [5.74, 6) is 0.290. The van der Waals surface area contributed by atoms with Gasteiger partial charge in [0.05, 0.1) is 16.3 Å². The molecule has 0 spiro atoms. The number of aromatic nitrogens is 2. The number of halogens is 2. The molecule has 1 N–H and O–H groups in total. The summed E-state index contributed by atoms with van der Waals surface area (Å²) in [6, 6.07) is 10.9. The molecule has 0 atom stereocenters. The van der Waals surface area contributed by atoms with Gasteiger partial charge in [0.1, 0.15) is 0 Å². The topological polar surface area (TPSA) is 68.0 Å². The second kappa shape index (κ2) is 8.12. The maximum Gasteiger partial charge on any atom is 0.277 e. The predicted molar refractivity (Wildman–Crippen MR) is 105 cm³/mol. The number of carbonyl (C=O) groups excluding carboxylic acids is 1. The van der Waals surface area contributed by atoms with Crippen LogP contribution < -0.4 is 5.32 Å². The number of anilines is 1. The zero-order valence-corrected chi connectivity index (χ0v) is 16.4. The Morgan fingerprint density at radius 2 is 1.96 bits per heavy atom. The molecule has 5 nitrogen and oxygen atoms in total. The predicted octanol–water partition coefficient (Wildman–Crippen LogP) is 5.39. The van der Waals surface area contributed by atoms with E-state index in [0.29, 0.717) is 20.8 Å². The van der Waals surface area contributed by atoms with Crippen molar-refractivity contribution in [3.8, 4) is 11.5 Å². The lowest BCUT2D eigenvalue weighted by Gasteiger charge is -2.08. The molecule has 3 rings (SSSR count). The fraction of sp³-hybridized carbons (Fsp3) is 0.167. The van der Waals surface area contributed by atoms with E-state index in [-0.39, 0.29) is 17.6 Å². The molecule has 26 heavy (non-hydrogen) atoms. The maximum atomic E-state index is 12.1. The second-order valence-corrected chi connectivity index (χ2v) is 7.42. The summed E-state index contributed by atoms with van der Waals surface area (Å²) in [5.41, 5.74) is 3.55. The average molecular weight is 408 g/mol. The first-order valence-corrected chi connectivity index (χ1v) is 9.45. The fourth-order valence-electron chi connectivity index (χ4n) is 2.31. The molecule has 3 aromatic rings. The van der Waals surface area contributed by atoms with Crippen molar-refractivity contribution in [1.29, 1.82) is 0 Å². The Morgan fingerprint density at radius 3 is 2.69 bits per heavy atom. The van der Waals surface area contributed by atoms with Crippen molar-refractivity contribution in [2.75, 3.05) is 11.1 Å². The minimum Gasteiger partial charge on any atom is -0.411 e. The Bertz CT molecular complexity index is 959. The SMILES string of the molecule is Cc1ccc(NC(=O)CSc2nnc(-c3ccc(Cl)cc3Cl)o2)c(C)c1. The lowest BCUT2D eigenvalue weighted by atomic mass is 10.1. The smallest absolute Gasteiger partial charge is 0.277 e. The normalized spacial score (nSPS) is 10.8. The molecule has 134 valence electrons. The Labute approximate surface area is 165 Å². The van der Waals surface area contributed by atoms with Crippen LogP contribution in [0.1, 0.15) is 11.1 Å². The molecular formula is C18H15Cl2N3O2S. The lowest BCUT2D eigenvalue weighted by Crippen LogP contribution is -2.14. The van der Waals surface area contributed by atoms with Gasteiger partial charge in [0, 0.05) is 10.7 Å². The number of carbonyl (C=O) groups is 1. The van der Waals surface area contributed by atoms with Gasteiger partial charge < -0.3 is 9.73 Å². The van der Waals surface area contributed by atoms with E-state index >= 15 is 0 Å². The maximum absolute atomic E-state index is 12.1. The highest BCUT2D eigenvalue weighted by atomic mass is 35.5. The van der Waals surface area contributed by atoms with Crippen LogP contribution in [0.4, 0.5) is 5.69 Å². The third-order valence-corrected chi connectivity index (χ3v) is 4.92. The average Bonchev–Trinajstić information content (AvgIpc) is 3.04. The van der Waals surface area contributed by atoms with Gasteiger partial charge in [-0.25, -0.2) is 0 Å². The third-order valence-electron chi connectivity index (χ3n) is 3.55. The summed E-state index contributed by atoms with van der Waals surface area (Å²) in [6.07, 6.45) is 0. The molecular weight excluding hydrogens is 393 g/mol. The Morgan fingerprint density at radius 1 is 1.15 bits per heavy atom. The molecule has 0 unspecified atom stereocenters. The Balaban J connectivity index is 1.61. The fourth-order valence-corrected chi connectivity index (χ4v) is 3.36. The van der Waals surface area contributed by atoms with Gasteiger partial charge in [-0.05, 0) is 43.7 Å². The summed E-state index contributed by atoms with van der Waals surface area (Å²) in [6.45, 7) is 3.96. The molecule has 8 heteroatoms. The molecule has 0 radical (unpaired) electrons. The molecule has 0 aliphatic heterocycles. The van der Waals surface area contributed by atoms with Crippen LogP contribution in [-0.4, -0.2) is 21.9 Å². The molecule has 1 amide bonds. The van der Waals surface area contributed by atoms with E-state index in [4.69, 9.17) is 27.6 Å².